The summed E-state index contributed by atoms with van der Waals surface area (Å²) in [7, 11) is 0. The highest BCUT2D eigenvalue weighted by molar-refractivity contribution is 7.25. The van der Waals surface area contributed by atoms with E-state index in [9.17, 15) is 0 Å². The Morgan fingerprint density at radius 2 is 0.421 bits per heavy atom. The average Bonchev–Trinajstić information content (AvgIpc) is 1.58. The van der Waals surface area contributed by atoms with Gasteiger partial charge in [-0.2, -0.15) is 0 Å². The van der Waals surface area contributed by atoms with Gasteiger partial charge < -0.3 is 36.2 Å². The molecule has 0 aliphatic rings. The van der Waals surface area contributed by atoms with E-state index in [1.165, 1.54) is 213 Å². The number of fused-ring (bicyclic) bond motifs is 23. The first-order chi connectivity index (χ1) is 71.9. The van der Waals surface area contributed by atoms with Crippen LogP contribution in [-0.2, 0) is 0 Å². The van der Waals surface area contributed by atoms with Crippen LogP contribution in [0.1, 0.15) is 0 Å². The maximum absolute atomic E-state index is 6.15. The van der Waals surface area contributed by atoms with Crippen LogP contribution in [0.15, 0.2) is 531 Å². The van der Waals surface area contributed by atoms with Crippen molar-refractivity contribution in [3.8, 4) is 101 Å². The number of rotatable bonds is 12. The summed E-state index contributed by atoms with van der Waals surface area (Å²) in [5, 5.41) is 20.0. The Bertz CT molecular complexity index is 10500. The van der Waals surface area contributed by atoms with Crippen LogP contribution in [0, 0.1) is 0 Å². The highest BCUT2D eigenvalue weighted by Gasteiger charge is 2.24. The summed E-state index contributed by atoms with van der Waals surface area (Å²) >= 11 is 1.87. The molecule has 0 aliphatic carbocycles. The number of thiophene rings is 1. The molecule has 31 rings (SSSR count). The van der Waals surface area contributed by atoms with E-state index >= 15 is 0 Å². The molecule has 31 aromatic rings. The van der Waals surface area contributed by atoms with Crippen molar-refractivity contribution < 1.29 is 8.83 Å². The van der Waals surface area contributed by atoms with Crippen molar-refractivity contribution in [3.63, 3.8) is 0 Å². The van der Waals surface area contributed by atoms with Gasteiger partial charge in [-0.3, -0.25) is 0 Å². The molecule has 9 heteroatoms. The fraction of sp³-hybridized carbons (Fsp3) is 0. The maximum atomic E-state index is 6.15. The number of hydrogen-bond donors (Lipinski definition) is 0. The predicted molar refractivity (Wildman–Crippen MR) is 610 cm³/mol. The Kier molecular flexibility index (Phi) is 19.4. The minimum absolute atomic E-state index is 0.883. The van der Waals surface area contributed by atoms with Gasteiger partial charge in [0.05, 0.1) is 72.5 Å². The highest BCUT2D eigenvalue weighted by Crippen LogP contribution is 2.47. The molecule has 0 saturated carbocycles. The number of aromatic nitrogens is 6. The number of benzene rings is 22. The zero-order chi connectivity index (χ0) is 95.3. The van der Waals surface area contributed by atoms with Crippen molar-refractivity contribution in [1.29, 1.82) is 0 Å². The smallest absolute Gasteiger partial charge is 0.135 e. The van der Waals surface area contributed by atoms with E-state index in [0.717, 1.165) is 61.5 Å². The fourth-order valence-corrected chi connectivity index (χ4v) is 24.1. The average molecular weight is 1870 g/mol. The van der Waals surface area contributed by atoms with Crippen LogP contribution in [0.25, 0.3) is 274 Å². The van der Waals surface area contributed by atoms with Gasteiger partial charge in [-0.15, -0.1) is 11.3 Å². The Morgan fingerprint density at radius 3 is 0.828 bits per heavy atom. The summed E-state index contributed by atoms with van der Waals surface area (Å²) in [5.41, 5.74) is 36.3. The van der Waals surface area contributed by atoms with Crippen LogP contribution >= 0.6 is 11.3 Å². The summed E-state index contributed by atoms with van der Waals surface area (Å²) in [6.07, 6.45) is 1.86. The second kappa shape index (κ2) is 33.9. The standard InChI is InChI=1S/C48H30N2S.2C44H28N2O/c1-2-10-35(11-3-1)49-44-16-8-5-13-38(44)42-28-32(22-27-45(42)49)33-20-25-39-37-12-4-7-15-43(37)50(46(39)29-33)36-23-18-31(19-24-36)34-21-26-41-40-14-6-9-17-47(40)51-48(41)30-34;1-2-11-33(12-3-1)45-39-15-7-5-13-35(39)37-26-30(20-24-41(37)45)31-21-25-42-38(27-31)36-14-6-8-16-40(36)46(42)34-22-18-29(19-23-34)44-28-32-10-4-9-17-43(32)47-44;1-2-10-32(11-3-1)45-40-15-7-4-12-34(40)37-26-30(20-24-42(37)45)31-21-25-43-38(27-31)35-13-5-8-16-41(35)46(43)33-22-18-29(19-23-33)39-28-47-44-17-9-6-14-36(39)44/h1-30H;2*1-28H. The molecule has 0 saturated heterocycles. The Balaban J connectivity index is 0.000000103. The highest BCUT2D eigenvalue weighted by atomic mass is 32.1. The van der Waals surface area contributed by atoms with Gasteiger partial charge in [-0.05, 0) is 268 Å². The molecule has 145 heavy (non-hydrogen) atoms. The lowest BCUT2D eigenvalue weighted by Gasteiger charge is -2.11. The van der Waals surface area contributed by atoms with Crippen LogP contribution in [0.3, 0.4) is 0 Å². The van der Waals surface area contributed by atoms with Gasteiger partial charge in [0, 0.05) is 141 Å². The van der Waals surface area contributed by atoms with Crippen molar-refractivity contribution in [2.45, 2.75) is 0 Å². The van der Waals surface area contributed by atoms with Crippen molar-refractivity contribution >= 4 is 184 Å². The van der Waals surface area contributed by atoms with Crippen LogP contribution in [0.4, 0.5) is 0 Å². The molecule has 9 heterocycles. The van der Waals surface area contributed by atoms with Gasteiger partial charge in [-0.1, -0.05) is 297 Å². The first-order valence-corrected chi connectivity index (χ1v) is 50.3. The van der Waals surface area contributed by atoms with E-state index in [4.69, 9.17) is 8.83 Å². The lowest BCUT2D eigenvalue weighted by atomic mass is 10.0. The second-order valence-corrected chi connectivity index (χ2v) is 38.8. The second-order valence-electron chi connectivity index (χ2n) is 37.8. The summed E-state index contributed by atoms with van der Waals surface area (Å²) in [6.45, 7) is 0. The maximum Gasteiger partial charge on any atom is 0.135 e. The molecule has 8 nitrogen and oxygen atoms in total. The monoisotopic (exact) mass is 1870 g/mol. The van der Waals surface area contributed by atoms with Crippen LogP contribution in [0.5, 0.6) is 0 Å². The molecular formula is C136H86N6O2S. The molecule has 0 amide bonds. The van der Waals surface area contributed by atoms with Gasteiger partial charge in [-0.25, -0.2) is 0 Å². The van der Waals surface area contributed by atoms with E-state index in [1.54, 1.807) is 0 Å². The third-order valence-corrected chi connectivity index (χ3v) is 30.8. The Morgan fingerprint density at radius 1 is 0.152 bits per heavy atom. The van der Waals surface area contributed by atoms with E-state index < -0.39 is 0 Å². The third-order valence-electron chi connectivity index (χ3n) is 29.7. The topological polar surface area (TPSA) is 55.9 Å². The normalized spacial score (nSPS) is 11.9. The predicted octanol–water partition coefficient (Wildman–Crippen LogP) is 37.5. The molecular weight excluding hydrogens is 1780 g/mol. The minimum atomic E-state index is 0.883. The van der Waals surface area contributed by atoms with Crippen LogP contribution < -0.4 is 0 Å². The van der Waals surface area contributed by atoms with Crippen molar-refractivity contribution in [3.05, 3.63) is 522 Å². The minimum Gasteiger partial charge on any atom is -0.464 e. The van der Waals surface area contributed by atoms with Gasteiger partial charge in [0.1, 0.15) is 16.9 Å². The molecule has 9 aromatic heterocycles. The number of furan rings is 2. The molecule has 0 bridgehead atoms. The van der Waals surface area contributed by atoms with Crippen LogP contribution in [0.2, 0.25) is 0 Å². The SMILES string of the molecule is c1ccc(-n2c3ccccc3c3cc(-c4ccc5c(c4)c4ccccc4n5-c4ccc(-c5cc6ccccc6o5)cc4)ccc32)cc1.c1ccc(-n2c3ccccc3c3cc(-c4ccc5c(c4)c4ccccc4n5-c4ccc(-c5coc6ccccc56)cc4)ccc32)cc1.c1ccc(-n2c3ccccc3c3cc(-c4ccc5c6ccccc6n(-c6ccc(-c7ccc8c(c7)sc7ccccc78)cc6)c5c4)ccc32)cc1. The largest absolute Gasteiger partial charge is 0.464 e. The van der Waals surface area contributed by atoms with Gasteiger partial charge in [0.15, 0.2) is 0 Å². The van der Waals surface area contributed by atoms with Crippen molar-refractivity contribution in [2.24, 2.45) is 0 Å². The quantitative estimate of drug-likeness (QED) is 0.122. The van der Waals surface area contributed by atoms with E-state index in [0.29, 0.717) is 0 Å². The van der Waals surface area contributed by atoms with E-state index in [2.05, 4.69) is 513 Å². The lowest BCUT2D eigenvalue weighted by molar-refractivity contribution is 0.617. The molecule has 0 radical (unpaired) electrons. The van der Waals surface area contributed by atoms with Gasteiger partial charge in [0.2, 0.25) is 0 Å². The van der Waals surface area contributed by atoms with Crippen molar-refractivity contribution in [2.75, 3.05) is 0 Å². The van der Waals surface area contributed by atoms with E-state index in [1.807, 2.05) is 47.9 Å². The number of nitrogens with zero attached hydrogens (tertiary/aromatic N) is 6. The summed E-state index contributed by atoms with van der Waals surface area (Å²) in [5.74, 6) is 0.883. The molecule has 22 aromatic carbocycles. The van der Waals surface area contributed by atoms with Crippen LogP contribution in [-0.4, -0.2) is 27.4 Å². The van der Waals surface area contributed by atoms with E-state index in [-0.39, 0.29) is 0 Å². The third kappa shape index (κ3) is 13.8. The van der Waals surface area contributed by atoms with Gasteiger partial charge in [0.25, 0.3) is 0 Å². The Hall–Kier alpha value is -19.1. The number of para-hydroxylation sites is 11. The molecule has 0 unspecified atom stereocenters. The Labute approximate surface area is 837 Å². The summed E-state index contributed by atoms with van der Waals surface area (Å²) in [4.78, 5) is 0. The first-order valence-electron chi connectivity index (χ1n) is 49.5. The number of hydrogen-bond acceptors (Lipinski definition) is 3. The molecule has 0 fully saturated rings. The molecule has 0 atom stereocenters. The molecule has 0 N–H and O–H groups in total. The molecule has 678 valence electrons. The van der Waals surface area contributed by atoms with Gasteiger partial charge >= 0.3 is 0 Å². The van der Waals surface area contributed by atoms with Crippen molar-refractivity contribution in [1.82, 2.24) is 27.4 Å². The molecule has 0 aliphatic heterocycles. The lowest BCUT2D eigenvalue weighted by Crippen LogP contribution is -1.94. The molecule has 0 spiro atoms. The zero-order valence-corrected chi connectivity index (χ0v) is 79.4. The summed E-state index contributed by atoms with van der Waals surface area (Å²) < 4.78 is 28.9. The fourth-order valence-electron chi connectivity index (χ4n) is 22.9. The summed E-state index contributed by atoms with van der Waals surface area (Å²) in [6, 6.07) is 186. The first kappa shape index (κ1) is 83.0. The zero-order valence-electron chi connectivity index (χ0n) is 78.6.